The maximum absolute atomic E-state index is 12.8. The number of pyridine rings is 1. The number of likely N-dealkylation sites (tertiary alicyclic amines) is 1. The third-order valence-electron chi connectivity index (χ3n) is 3.45. The van der Waals surface area contributed by atoms with E-state index < -0.39 is 24.2 Å². The van der Waals surface area contributed by atoms with E-state index in [0.29, 0.717) is 19.4 Å². The molecule has 112 valence electrons. The van der Waals surface area contributed by atoms with Gasteiger partial charge in [-0.25, -0.2) is 8.78 Å². The summed E-state index contributed by atoms with van der Waals surface area (Å²) in [7, 11) is 0. The molecule has 0 saturated carbocycles. The van der Waals surface area contributed by atoms with Gasteiger partial charge in [0, 0.05) is 25.2 Å². The second kappa shape index (κ2) is 6.03. The van der Waals surface area contributed by atoms with E-state index in [0.717, 1.165) is 6.20 Å². The van der Waals surface area contributed by atoms with Crippen molar-refractivity contribution in [3.63, 3.8) is 0 Å². The van der Waals surface area contributed by atoms with E-state index >= 15 is 0 Å². The summed E-state index contributed by atoms with van der Waals surface area (Å²) in [6.45, 7) is 0.672. The molecule has 2 heterocycles. The van der Waals surface area contributed by atoms with Gasteiger partial charge in [-0.2, -0.15) is 13.2 Å². The third kappa shape index (κ3) is 3.65. The van der Waals surface area contributed by atoms with Crippen molar-refractivity contribution < 1.29 is 22.0 Å². The molecule has 0 N–H and O–H groups in total. The Morgan fingerprint density at radius 1 is 1.35 bits per heavy atom. The van der Waals surface area contributed by atoms with Crippen molar-refractivity contribution >= 4 is 0 Å². The fourth-order valence-corrected chi connectivity index (χ4v) is 2.50. The Kier molecular flexibility index (Phi) is 4.57. The first-order valence-electron chi connectivity index (χ1n) is 6.39. The number of hydrogen-bond acceptors (Lipinski definition) is 2. The van der Waals surface area contributed by atoms with Crippen LogP contribution in [0, 0.1) is 5.92 Å². The van der Waals surface area contributed by atoms with Crippen LogP contribution in [0.25, 0.3) is 0 Å². The molecule has 0 aromatic carbocycles. The van der Waals surface area contributed by atoms with Gasteiger partial charge >= 0.3 is 6.18 Å². The molecule has 2 rings (SSSR count). The lowest BCUT2D eigenvalue weighted by molar-refractivity contribution is -0.142. The van der Waals surface area contributed by atoms with Crippen LogP contribution in [0.5, 0.6) is 0 Å². The molecule has 0 radical (unpaired) electrons. The highest BCUT2D eigenvalue weighted by Crippen LogP contribution is 2.31. The first-order chi connectivity index (χ1) is 9.38. The molecule has 0 bridgehead atoms. The molecule has 1 atom stereocenters. The van der Waals surface area contributed by atoms with Crippen molar-refractivity contribution in [3.8, 4) is 0 Å². The zero-order chi connectivity index (χ0) is 14.8. The zero-order valence-corrected chi connectivity index (χ0v) is 10.7. The number of hydrogen-bond donors (Lipinski definition) is 0. The van der Waals surface area contributed by atoms with Crippen LogP contribution in [0.15, 0.2) is 18.3 Å². The summed E-state index contributed by atoms with van der Waals surface area (Å²) in [5.41, 5.74) is -0.894. The smallest absolute Gasteiger partial charge is 0.299 e. The number of piperidine rings is 1. The molecule has 1 saturated heterocycles. The molecule has 0 amide bonds. The monoisotopic (exact) mass is 294 g/mol. The average molecular weight is 294 g/mol. The van der Waals surface area contributed by atoms with Crippen molar-refractivity contribution in [2.75, 3.05) is 13.1 Å². The SMILES string of the molecule is FC(F)C1CCCN(Cc2cccnc2C(F)(F)F)C1. The van der Waals surface area contributed by atoms with Crippen LogP contribution < -0.4 is 0 Å². The molecule has 1 aromatic heterocycles. The van der Waals surface area contributed by atoms with Crippen LogP contribution in [0.3, 0.4) is 0 Å². The van der Waals surface area contributed by atoms with Crippen LogP contribution in [-0.4, -0.2) is 29.4 Å². The van der Waals surface area contributed by atoms with E-state index in [-0.39, 0.29) is 18.7 Å². The van der Waals surface area contributed by atoms with E-state index in [4.69, 9.17) is 0 Å². The summed E-state index contributed by atoms with van der Waals surface area (Å²) >= 11 is 0. The third-order valence-corrected chi connectivity index (χ3v) is 3.45. The standard InChI is InChI=1S/C13H15F5N2/c14-12(15)10-4-2-6-20(8-10)7-9-3-1-5-19-11(9)13(16,17)18/h1,3,5,10,12H,2,4,6-8H2. The summed E-state index contributed by atoms with van der Waals surface area (Å²) in [6.07, 6.45) is -4.85. The van der Waals surface area contributed by atoms with Gasteiger partial charge in [0.2, 0.25) is 6.43 Å². The Balaban J connectivity index is 2.10. The Labute approximate surface area is 113 Å². The van der Waals surface area contributed by atoms with Gasteiger partial charge in [0.1, 0.15) is 5.69 Å². The summed E-state index contributed by atoms with van der Waals surface area (Å²) in [5, 5.41) is 0. The van der Waals surface area contributed by atoms with Gasteiger partial charge in [-0.3, -0.25) is 9.88 Å². The number of aromatic nitrogens is 1. The lowest BCUT2D eigenvalue weighted by Crippen LogP contribution is -2.38. The molecule has 1 aromatic rings. The first-order valence-corrected chi connectivity index (χ1v) is 6.39. The second-order valence-corrected chi connectivity index (χ2v) is 4.98. The van der Waals surface area contributed by atoms with Crippen LogP contribution in [0.1, 0.15) is 24.1 Å². The number of rotatable bonds is 3. The summed E-state index contributed by atoms with van der Waals surface area (Å²) in [4.78, 5) is 5.02. The van der Waals surface area contributed by atoms with E-state index in [9.17, 15) is 22.0 Å². The molecular weight excluding hydrogens is 279 g/mol. The van der Waals surface area contributed by atoms with E-state index in [1.165, 1.54) is 12.1 Å². The van der Waals surface area contributed by atoms with Crippen molar-refractivity contribution in [1.82, 2.24) is 9.88 Å². The van der Waals surface area contributed by atoms with Crippen LogP contribution in [0.2, 0.25) is 0 Å². The summed E-state index contributed by atoms with van der Waals surface area (Å²) in [6, 6.07) is 2.78. The first kappa shape index (κ1) is 15.2. The van der Waals surface area contributed by atoms with Gasteiger partial charge < -0.3 is 0 Å². The normalized spacial score (nSPS) is 21.4. The minimum absolute atomic E-state index is 0.00586. The van der Waals surface area contributed by atoms with Crippen molar-refractivity contribution in [2.45, 2.75) is 32.0 Å². The summed E-state index contributed by atoms with van der Waals surface area (Å²) in [5.74, 6) is -0.755. The zero-order valence-electron chi connectivity index (χ0n) is 10.7. The van der Waals surface area contributed by atoms with Crippen LogP contribution in [-0.2, 0) is 12.7 Å². The Hall–Kier alpha value is -1.24. The number of alkyl halides is 5. The van der Waals surface area contributed by atoms with Gasteiger partial charge in [-0.1, -0.05) is 6.07 Å². The van der Waals surface area contributed by atoms with E-state index in [2.05, 4.69) is 4.98 Å². The van der Waals surface area contributed by atoms with E-state index in [1.54, 1.807) is 4.90 Å². The van der Waals surface area contributed by atoms with E-state index in [1.807, 2.05) is 0 Å². The second-order valence-electron chi connectivity index (χ2n) is 4.98. The van der Waals surface area contributed by atoms with Crippen LogP contribution >= 0.6 is 0 Å². The van der Waals surface area contributed by atoms with Gasteiger partial charge in [0.15, 0.2) is 0 Å². The molecule has 1 fully saturated rings. The van der Waals surface area contributed by atoms with Crippen molar-refractivity contribution in [2.24, 2.45) is 5.92 Å². The Morgan fingerprint density at radius 3 is 2.75 bits per heavy atom. The molecule has 0 aliphatic carbocycles. The predicted molar refractivity (Wildman–Crippen MR) is 63.2 cm³/mol. The topological polar surface area (TPSA) is 16.1 Å². The highest BCUT2D eigenvalue weighted by atomic mass is 19.4. The maximum Gasteiger partial charge on any atom is 0.433 e. The van der Waals surface area contributed by atoms with Crippen molar-refractivity contribution in [3.05, 3.63) is 29.6 Å². The average Bonchev–Trinajstić information content (AvgIpc) is 2.38. The highest BCUT2D eigenvalue weighted by molar-refractivity contribution is 5.22. The highest BCUT2D eigenvalue weighted by Gasteiger charge is 2.36. The fraction of sp³-hybridized carbons (Fsp3) is 0.615. The number of halogens is 5. The predicted octanol–water partition coefficient (Wildman–Crippen LogP) is 3.58. The minimum Gasteiger partial charge on any atom is -0.299 e. The molecule has 1 aliphatic heterocycles. The van der Waals surface area contributed by atoms with Gasteiger partial charge in [-0.05, 0) is 31.0 Å². The molecule has 1 aliphatic rings. The molecule has 20 heavy (non-hydrogen) atoms. The molecular formula is C13H15F5N2. The maximum atomic E-state index is 12.8. The molecule has 2 nitrogen and oxygen atoms in total. The Morgan fingerprint density at radius 2 is 2.10 bits per heavy atom. The van der Waals surface area contributed by atoms with Crippen LogP contribution in [0.4, 0.5) is 22.0 Å². The lowest BCUT2D eigenvalue weighted by atomic mass is 9.98. The molecule has 1 unspecified atom stereocenters. The fourth-order valence-electron chi connectivity index (χ4n) is 2.50. The van der Waals surface area contributed by atoms with Gasteiger partial charge in [0.05, 0.1) is 0 Å². The van der Waals surface area contributed by atoms with Crippen molar-refractivity contribution in [1.29, 1.82) is 0 Å². The van der Waals surface area contributed by atoms with Gasteiger partial charge in [-0.15, -0.1) is 0 Å². The Bertz CT molecular complexity index is 447. The largest absolute Gasteiger partial charge is 0.433 e. The molecule has 0 spiro atoms. The quantitative estimate of drug-likeness (QED) is 0.792. The molecule has 7 heteroatoms. The lowest BCUT2D eigenvalue weighted by Gasteiger charge is -2.32. The van der Waals surface area contributed by atoms with Gasteiger partial charge in [0.25, 0.3) is 0 Å². The number of nitrogens with zero attached hydrogens (tertiary/aromatic N) is 2. The summed E-state index contributed by atoms with van der Waals surface area (Å²) < 4.78 is 63.8. The minimum atomic E-state index is -4.52.